The summed E-state index contributed by atoms with van der Waals surface area (Å²) in [7, 11) is 1.30. The number of urea groups is 1. The van der Waals surface area contributed by atoms with Crippen molar-refractivity contribution >= 4 is 23.8 Å². The van der Waals surface area contributed by atoms with E-state index < -0.39 is 23.4 Å². The molecule has 2 aliphatic rings. The summed E-state index contributed by atoms with van der Waals surface area (Å²) in [5, 5.41) is 5.34. The number of hydrogen-bond acceptors (Lipinski definition) is 5. The largest absolute Gasteiger partial charge is 0.469 e. The van der Waals surface area contributed by atoms with Crippen LogP contribution >= 0.6 is 0 Å². The van der Waals surface area contributed by atoms with Crippen molar-refractivity contribution in [3.63, 3.8) is 0 Å². The fourth-order valence-corrected chi connectivity index (χ4v) is 3.68. The van der Waals surface area contributed by atoms with Gasteiger partial charge in [-0.15, -0.1) is 0 Å². The summed E-state index contributed by atoms with van der Waals surface area (Å²) in [5.74, 6) is -1.25. The lowest BCUT2D eigenvalue weighted by atomic mass is 9.89. The summed E-state index contributed by atoms with van der Waals surface area (Å²) in [6.07, 6.45) is 3.72. The van der Waals surface area contributed by atoms with E-state index in [1.54, 1.807) is 6.92 Å². The number of carbonyl (C=O) groups is 4. The summed E-state index contributed by atoms with van der Waals surface area (Å²) in [6, 6.07) is 5.28. The molecule has 8 nitrogen and oxygen atoms in total. The van der Waals surface area contributed by atoms with Crippen molar-refractivity contribution < 1.29 is 23.9 Å². The second kappa shape index (κ2) is 8.00. The highest BCUT2D eigenvalue weighted by atomic mass is 16.5. The Labute approximate surface area is 163 Å². The summed E-state index contributed by atoms with van der Waals surface area (Å²) in [4.78, 5) is 49.4. The van der Waals surface area contributed by atoms with Crippen molar-refractivity contribution in [2.45, 2.75) is 44.6 Å². The van der Waals surface area contributed by atoms with Crippen molar-refractivity contribution in [1.82, 2.24) is 15.5 Å². The first-order chi connectivity index (χ1) is 13.3. The van der Waals surface area contributed by atoms with E-state index in [4.69, 9.17) is 0 Å². The molecule has 1 saturated heterocycles. The highest BCUT2D eigenvalue weighted by Crippen LogP contribution is 2.32. The Morgan fingerprint density at radius 1 is 1.25 bits per heavy atom. The monoisotopic (exact) mass is 387 g/mol. The van der Waals surface area contributed by atoms with Crippen LogP contribution in [0.25, 0.3) is 0 Å². The topological polar surface area (TPSA) is 105 Å². The predicted octanol–water partition coefficient (Wildman–Crippen LogP) is 1.01. The summed E-state index contributed by atoms with van der Waals surface area (Å²) < 4.78 is 4.53. The van der Waals surface area contributed by atoms with Gasteiger partial charge in [-0.25, -0.2) is 4.79 Å². The standard InChI is InChI=1S/C20H25N3O5/c1-20(15-9-8-13-5-3-6-14(13)11-15)18(26)23(19(27)22-20)12-16(24)21-10-4-7-17(25)28-2/h8-9,11H,3-7,10,12H2,1-2H3,(H,21,24)(H,22,27). The van der Waals surface area contributed by atoms with Gasteiger partial charge in [0.1, 0.15) is 12.1 Å². The molecule has 150 valence electrons. The third kappa shape index (κ3) is 3.85. The minimum absolute atomic E-state index is 0.191. The van der Waals surface area contributed by atoms with Crippen LogP contribution in [0.15, 0.2) is 18.2 Å². The van der Waals surface area contributed by atoms with E-state index in [0.29, 0.717) is 6.42 Å². The third-order valence-electron chi connectivity index (χ3n) is 5.36. The highest BCUT2D eigenvalue weighted by molar-refractivity contribution is 6.09. The van der Waals surface area contributed by atoms with Gasteiger partial charge in [0.05, 0.1) is 7.11 Å². The first kappa shape index (κ1) is 19.9. The van der Waals surface area contributed by atoms with Gasteiger partial charge < -0.3 is 15.4 Å². The molecule has 1 heterocycles. The quantitative estimate of drug-likeness (QED) is 0.413. The molecular weight excluding hydrogens is 362 g/mol. The second-order valence-electron chi connectivity index (χ2n) is 7.31. The lowest BCUT2D eigenvalue weighted by Crippen LogP contribution is -2.43. The normalized spacial score (nSPS) is 20.7. The van der Waals surface area contributed by atoms with E-state index >= 15 is 0 Å². The van der Waals surface area contributed by atoms with E-state index in [1.807, 2.05) is 18.2 Å². The number of amides is 4. The van der Waals surface area contributed by atoms with Crippen LogP contribution in [-0.4, -0.2) is 48.9 Å². The van der Waals surface area contributed by atoms with Crippen molar-refractivity contribution in [3.8, 4) is 0 Å². The Balaban J connectivity index is 1.61. The van der Waals surface area contributed by atoms with Crippen LogP contribution in [0.1, 0.15) is 42.9 Å². The van der Waals surface area contributed by atoms with Crippen LogP contribution < -0.4 is 10.6 Å². The number of rotatable bonds is 7. The minimum atomic E-state index is -1.18. The van der Waals surface area contributed by atoms with Gasteiger partial charge in [0.15, 0.2) is 0 Å². The Hall–Kier alpha value is -2.90. The molecule has 0 spiro atoms. The SMILES string of the molecule is COC(=O)CCCNC(=O)CN1C(=O)NC(C)(c2ccc3c(c2)CCC3)C1=O. The predicted molar refractivity (Wildman–Crippen MR) is 100 cm³/mol. The summed E-state index contributed by atoms with van der Waals surface area (Å²) in [6.45, 7) is 1.57. The molecule has 8 heteroatoms. The molecule has 1 aliphatic carbocycles. The molecule has 1 aromatic rings. The van der Waals surface area contributed by atoms with Gasteiger partial charge in [0, 0.05) is 13.0 Å². The van der Waals surface area contributed by atoms with Gasteiger partial charge in [-0.3, -0.25) is 19.3 Å². The maximum Gasteiger partial charge on any atom is 0.325 e. The fourth-order valence-electron chi connectivity index (χ4n) is 3.68. The third-order valence-corrected chi connectivity index (χ3v) is 5.36. The number of carbonyl (C=O) groups excluding carboxylic acids is 4. The zero-order valence-corrected chi connectivity index (χ0v) is 16.2. The molecule has 1 unspecified atom stereocenters. The van der Waals surface area contributed by atoms with Crippen LogP contribution in [0.4, 0.5) is 4.79 Å². The fraction of sp³-hybridized carbons (Fsp3) is 0.500. The highest BCUT2D eigenvalue weighted by Gasteiger charge is 2.49. The lowest BCUT2D eigenvalue weighted by molar-refractivity contribution is -0.140. The Morgan fingerprint density at radius 2 is 2.00 bits per heavy atom. The Kier molecular flexibility index (Phi) is 5.67. The summed E-state index contributed by atoms with van der Waals surface area (Å²) >= 11 is 0. The van der Waals surface area contributed by atoms with Gasteiger partial charge in [-0.2, -0.15) is 0 Å². The molecule has 0 bridgehead atoms. The minimum Gasteiger partial charge on any atom is -0.469 e. The Morgan fingerprint density at radius 3 is 2.75 bits per heavy atom. The van der Waals surface area contributed by atoms with Gasteiger partial charge >= 0.3 is 12.0 Å². The number of nitrogens with zero attached hydrogens (tertiary/aromatic N) is 1. The number of esters is 1. The van der Waals surface area contributed by atoms with Crippen molar-refractivity contribution in [1.29, 1.82) is 0 Å². The molecule has 1 fully saturated rings. The average Bonchev–Trinajstić information content (AvgIpc) is 3.23. The molecule has 1 atom stereocenters. The Bertz CT molecular complexity index is 822. The molecule has 4 amide bonds. The number of ether oxygens (including phenoxy) is 1. The van der Waals surface area contributed by atoms with Crippen LogP contribution in [0.2, 0.25) is 0 Å². The number of imide groups is 1. The maximum absolute atomic E-state index is 12.9. The zero-order valence-electron chi connectivity index (χ0n) is 16.2. The van der Waals surface area contributed by atoms with Gasteiger partial charge in [-0.1, -0.05) is 18.2 Å². The molecule has 28 heavy (non-hydrogen) atoms. The number of methoxy groups -OCH3 is 1. The molecular formula is C20H25N3O5. The van der Waals surface area contributed by atoms with E-state index in [2.05, 4.69) is 15.4 Å². The average molecular weight is 387 g/mol. The zero-order chi connectivity index (χ0) is 20.3. The summed E-state index contributed by atoms with van der Waals surface area (Å²) in [5.41, 5.74) is 2.04. The van der Waals surface area contributed by atoms with E-state index in [1.165, 1.54) is 18.2 Å². The molecule has 2 N–H and O–H groups in total. The van der Waals surface area contributed by atoms with E-state index in [9.17, 15) is 19.2 Å². The molecule has 3 rings (SSSR count). The molecule has 0 saturated carbocycles. The molecule has 1 aromatic carbocycles. The van der Waals surface area contributed by atoms with Crippen molar-refractivity contribution in [2.24, 2.45) is 0 Å². The van der Waals surface area contributed by atoms with Crippen molar-refractivity contribution in [2.75, 3.05) is 20.2 Å². The van der Waals surface area contributed by atoms with Gasteiger partial charge in [0.2, 0.25) is 5.91 Å². The smallest absolute Gasteiger partial charge is 0.325 e. The molecule has 0 radical (unpaired) electrons. The van der Waals surface area contributed by atoms with Crippen LogP contribution in [0.5, 0.6) is 0 Å². The van der Waals surface area contributed by atoms with Crippen LogP contribution in [-0.2, 0) is 37.5 Å². The van der Waals surface area contributed by atoms with E-state index in [0.717, 1.165) is 29.7 Å². The van der Waals surface area contributed by atoms with Crippen LogP contribution in [0, 0.1) is 0 Å². The number of fused-ring (bicyclic) bond motifs is 1. The maximum atomic E-state index is 12.9. The number of aryl methyl sites for hydroxylation is 2. The van der Waals surface area contributed by atoms with Gasteiger partial charge in [-0.05, 0) is 49.3 Å². The van der Waals surface area contributed by atoms with E-state index in [-0.39, 0.29) is 25.5 Å². The lowest BCUT2D eigenvalue weighted by Gasteiger charge is -2.23. The van der Waals surface area contributed by atoms with Crippen molar-refractivity contribution in [3.05, 3.63) is 34.9 Å². The number of benzene rings is 1. The molecule has 0 aromatic heterocycles. The number of nitrogens with one attached hydrogen (secondary N) is 2. The number of hydrogen-bond donors (Lipinski definition) is 2. The first-order valence-corrected chi connectivity index (χ1v) is 9.45. The molecule has 1 aliphatic heterocycles. The first-order valence-electron chi connectivity index (χ1n) is 9.45. The van der Waals surface area contributed by atoms with Gasteiger partial charge in [0.25, 0.3) is 5.91 Å². The van der Waals surface area contributed by atoms with Crippen LogP contribution in [0.3, 0.4) is 0 Å². The second-order valence-corrected chi connectivity index (χ2v) is 7.31.